The number of urea groups is 1. The Bertz CT molecular complexity index is 308. The van der Waals surface area contributed by atoms with E-state index in [4.69, 9.17) is 5.11 Å². The van der Waals surface area contributed by atoms with Crippen LogP contribution in [0.2, 0.25) is 0 Å². The van der Waals surface area contributed by atoms with Gasteiger partial charge in [0.1, 0.15) is 6.54 Å². The highest BCUT2D eigenvalue weighted by atomic mass is 16.4. The highest BCUT2D eigenvalue weighted by Gasteiger charge is 2.38. The molecule has 1 atom stereocenters. The fraction of sp³-hybridized carbons (Fsp3) is 0.846. The SMILES string of the molecule is CCC(C)N(CC(=O)O)C(=O)NC1(CC)CCC1. The molecule has 0 aliphatic heterocycles. The zero-order valence-electron chi connectivity index (χ0n) is 11.5. The van der Waals surface area contributed by atoms with E-state index in [1.807, 2.05) is 13.8 Å². The van der Waals surface area contributed by atoms with Gasteiger partial charge >= 0.3 is 12.0 Å². The molecule has 1 aliphatic carbocycles. The lowest BCUT2D eigenvalue weighted by atomic mass is 9.75. The molecule has 2 amide bonds. The summed E-state index contributed by atoms with van der Waals surface area (Å²) in [5.41, 5.74) is -0.0959. The average Bonchev–Trinajstić information content (AvgIpc) is 2.29. The Kier molecular flexibility index (Phi) is 4.99. The molecule has 104 valence electrons. The summed E-state index contributed by atoms with van der Waals surface area (Å²) < 4.78 is 0. The van der Waals surface area contributed by atoms with Crippen LogP contribution in [0, 0.1) is 0 Å². The van der Waals surface area contributed by atoms with Crippen molar-refractivity contribution in [1.29, 1.82) is 0 Å². The molecule has 0 heterocycles. The van der Waals surface area contributed by atoms with Crippen LogP contribution in [-0.4, -0.2) is 40.1 Å². The maximum atomic E-state index is 12.2. The molecule has 1 fully saturated rings. The van der Waals surface area contributed by atoms with Crippen molar-refractivity contribution in [1.82, 2.24) is 10.2 Å². The normalized spacial score (nSPS) is 18.6. The molecule has 1 unspecified atom stereocenters. The van der Waals surface area contributed by atoms with Crippen LogP contribution < -0.4 is 5.32 Å². The fourth-order valence-electron chi connectivity index (χ4n) is 2.26. The summed E-state index contributed by atoms with van der Waals surface area (Å²) in [7, 11) is 0. The van der Waals surface area contributed by atoms with Crippen molar-refractivity contribution in [2.45, 2.75) is 64.5 Å². The molecule has 1 rings (SSSR count). The van der Waals surface area contributed by atoms with Crippen molar-refractivity contribution in [3.05, 3.63) is 0 Å². The highest BCUT2D eigenvalue weighted by Crippen LogP contribution is 2.34. The Labute approximate surface area is 109 Å². The Morgan fingerprint density at radius 2 is 2.00 bits per heavy atom. The molecule has 18 heavy (non-hydrogen) atoms. The third-order valence-electron chi connectivity index (χ3n) is 4.05. The summed E-state index contributed by atoms with van der Waals surface area (Å²) in [5, 5.41) is 11.9. The number of hydrogen-bond acceptors (Lipinski definition) is 2. The molecule has 0 aromatic heterocycles. The van der Waals surface area contributed by atoms with Gasteiger partial charge in [-0.3, -0.25) is 4.79 Å². The van der Waals surface area contributed by atoms with Crippen molar-refractivity contribution in [2.75, 3.05) is 6.54 Å². The molecule has 0 saturated heterocycles. The number of nitrogens with zero attached hydrogens (tertiary/aromatic N) is 1. The zero-order chi connectivity index (χ0) is 13.8. The minimum Gasteiger partial charge on any atom is -0.480 e. The van der Waals surface area contributed by atoms with Gasteiger partial charge in [-0.15, -0.1) is 0 Å². The fourth-order valence-corrected chi connectivity index (χ4v) is 2.26. The predicted octanol–water partition coefficient (Wildman–Crippen LogP) is 2.21. The second-order valence-electron chi connectivity index (χ2n) is 5.20. The maximum Gasteiger partial charge on any atom is 0.323 e. The van der Waals surface area contributed by atoms with Crippen molar-refractivity contribution in [3.63, 3.8) is 0 Å². The first-order valence-corrected chi connectivity index (χ1v) is 6.74. The highest BCUT2D eigenvalue weighted by molar-refractivity contribution is 5.81. The van der Waals surface area contributed by atoms with Crippen LogP contribution in [0.5, 0.6) is 0 Å². The Balaban J connectivity index is 2.66. The Hall–Kier alpha value is -1.26. The number of rotatable bonds is 6. The van der Waals surface area contributed by atoms with Gasteiger partial charge in [0.05, 0.1) is 0 Å². The first-order chi connectivity index (χ1) is 8.44. The van der Waals surface area contributed by atoms with Gasteiger partial charge in [0.2, 0.25) is 0 Å². The lowest BCUT2D eigenvalue weighted by Gasteiger charge is -2.43. The number of carbonyl (C=O) groups is 2. The van der Waals surface area contributed by atoms with Gasteiger partial charge in [-0.2, -0.15) is 0 Å². The molecule has 2 N–H and O–H groups in total. The van der Waals surface area contributed by atoms with E-state index in [2.05, 4.69) is 12.2 Å². The predicted molar refractivity (Wildman–Crippen MR) is 69.5 cm³/mol. The van der Waals surface area contributed by atoms with E-state index in [1.165, 1.54) is 4.90 Å². The van der Waals surface area contributed by atoms with Crippen LogP contribution in [0.15, 0.2) is 0 Å². The Morgan fingerprint density at radius 1 is 1.39 bits per heavy atom. The lowest BCUT2D eigenvalue weighted by Crippen LogP contribution is -2.58. The number of nitrogens with one attached hydrogen (secondary N) is 1. The van der Waals surface area contributed by atoms with Gasteiger partial charge in [-0.1, -0.05) is 13.8 Å². The molecule has 1 aliphatic rings. The number of carbonyl (C=O) groups excluding carboxylic acids is 1. The van der Waals surface area contributed by atoms with Gasteiger partial charge in [-0.05, 0) is 39.0 Å². The minimum atomic E-state index is -0.968. The largest absolute Gasteiger partial charge is 0.480 e. The number of amides is 2. The average molecular weight is 256 g/mol. The number of carboxylic acids is 1. The maximum absolute atomic E-state index is 12.2. The summed E-state index contributed by atoms with van der Waals surface area (Å²) >= 11 is 0. The van der Waals surface area contributed by atoms with Crippen molar-refractivity contribution >= 4 is 12.0 Å². The molecule has 0 aromatic carbocycles. The smallest absolute Gasteiger partial charge is 0.323 e. The topological polar surface area (TPSA) is 69.6 Å². The van der Waals surface area contributed by atoms with Gasteiger partial charge < -0.3 is 15.3 Å². The number of hydrogen-bond donors (Lipinski definition) is 2. The quantitative estimate of drug-likeness (QED) is 0.765. The van der Waals surface area contributed by atoms with Crippen LogP contribution in [0.25, 0.3) is 0 Å². The van der Waals surface area contributed by atoms with Crippen LogP contribution in [0.1, 0.15) is 52.9 Å². The summed E-state index contributed by atoms with van der Waals surface area (Å²) in [5.74, 6) is -0.968. The van der Waals surface area contributed by atoms with Crippen molar-refractivity contribution in [2.24, 2.45) is 0 Å². The third kappa shape index (κ3) is 3.37. The van der Waals surface area contributed by atoms with Gasteiger partial charge in [0.15, 0.2) is 0 Å². The Morgan fingerprint density at radius 3 is 2.33 bits per heavy atom. The van der Waals surface area contributed by atoms with Crippen LogP contribution in [0.3, 0.4) is 0 Å². The first-order valence-electron chi connectivity index (χ1n) is 6.74. The molecule has 5 nitrogen and oxygen atoms in total. The minimum absolute atomic E-state index is 0.0601. The van der Waals surface area contributed by atoms with Crippen LogP contribution in [0.4, 0.5) is 4.79 Å². The summed E-state index contributed by atoms with van der Waals surface area (Å²) in [6.07, 6.45) is 4.78. The third-order valence-corrected chi connectivity index (χ3v) is 4.05. The molecule has 0 radical (unpaired) electrons. The second-order valence-corrected chi connectivity index (χ2v) is 5.20. The monoisotopic (exact) mass is 256 g/mol. The second kappa shape index (κ2) is 6.07. The summed E-state index contributed by atoms with van der Waals surface area (Å²) in [6, 6.07) is -0.302. The van der Waals surface area contributed by atoms with Crippen molar-refractivity contribution in [3.8, 4) is 0 Å². The van der Waals surface area contributed by atoms with Crippen LogP contribution >= 0.6 is 0 Å². The van der Waals surface area contributed by atoms with E-state index in [9.17, 15) is 9.59 Å². The van der Waals surface area contributed by atoms with E-state index in [0.29, 0.717) is 0 Å². The molecule has 0 aromatic rings. The lowest BCUT2D eigenvalue weighted by molar-refractivity contribution is -0.138. The van der Waals surface area contributed by atoms with E-state index in [-0.39, 0.29) is 24.2 Å². The number of aliphatic carboxylic acids is 1. The molecule has 5 heteroatoms. The molecular weight excluding hydrogens is 232 g/mol. The zero-order valence-corrected chi connectivity index (χ0v) is 11.5. The van der Waals surface area contributed by atoms with E-state index < -0.39 is 5.97 Å². The van der Waals surface area contributed by atoms with Crippen molar-refractivity contribution < 1.29 is 14.7 Å². The van der Waals surface area contributed by atoms with E-state index in [0.717, 1.165) is 32.1 Å². The number of carboxylic acid groups (broad SMARTS) is 1. The summed E-state index contributed by atoms with van der Waals surface area (Å²) in [4.78, 5) is 24.4. The first kappa shape index (κ1) is 14.8. The summed E-state index contributed by atoms with van der Waals surface area (Å²) in [6.45, 7) is 5.65. The van der Waals surface area contributed by atoms with Gasteiger partial charge in [-0.25, -0.2) is 4.79 Å². The molecule has 1 saturated carbocycles. The van der Waals surface area contributed by atoms with Crippen LogP contribution in [-0.2, 0) is 4.79 Å². The molecule has 0 bridgehead atoms. The molecular formula is C13H24N2O3. The van der Waals surface area contributed by atoms with Gasteiger partial charge in [0, 0.05) is 11.6 Å². The molecule has 0 spiro atoms. The van der Waals surface area contributed by atoms with E-state index in [1.54, 1.807) is 0 Å². The van der Waals surface area contributed by atoms with Gasteiger partial charge in [0.25, 0.3) is 0 Å². The standard InChI is InChI=1S/C13H24N2O3/c1-4-10(3)15(9-11(16)17)12(18)14-13(5-2)7-6-8-13/h10H,4-9H2,1-3H3,(H,14,18)(H,16,17). The van der Waals surface area contributed by atoms with E-state index >= 15 is 0 Å².